The van der Waals surface area contributed by atoms with Crippen LogP contribution in [-0.4, -0.2) is 15.5 Å². The number of anilines is 1. The van der Waals surface area contributed by atoms with Gasteiger partial charge in [0.05, 0.1) is 0 Å². The van der Waals surface area contributed by atoms with Crippen LogP contribution in [0.25, 0.3) is 10.9 Å². The number of amides is 1. The van der Waals surface area contributed by atoms with Crippen molar-refractivity contribution in [3.63, 3.8) is 0 Å². The predicted octanol–water partition coefficient (Wildman–Crippen LogP) is 4.89. The third kappa shape index (κ3) is 4.61. The summed E-state index contributed by atoms with van der Waals surface area (Å²) in [5.41, 5.74) is 11.8. The molecule has 0 fully saturated rings. The van der Waals surface area contributed by atoms with Crippen LogP contribution in [0.2, 0.25) is 0 Å². The highest BCUT2D eigenvalue weighted by Crippen LogP contribution is 2.26. The number of carbonyl (C=O) groups excluding carboxylic acids is 1. The maximum absolute atomic E-state index is 13.1. The van der Waals surface area contributed by atoms with Crippen LogP contribution in [0, 0.1) is 0 Å². The van der Waals surface area contributed by atoms with E-state index in [0.29, 0.717) is 24.5 Å². The van der Waals surface area contributed by atoms with Crippen LogP contribution < -0.4 is 11.1 Å². The molecular weight excluding hydrogens is 384 g/mol. The van der Waals surface area contributed by atoms with Crippen LogP contribution in [0.4, 0.5) is 5.69 Å². The molecule has 0 aliphatic rings. The first-order chi connectivity index (χ1) is 14.8. The zero-order chi connectivity index (χ0) is 22.0. The number of nitrogens with zero attached hydrogens (tertiary/aromatic N) is 2. The van der Waals surface area contributed by atoms with E-state index in [-0.39, 0.29) is 11.3 Å². The van der Waals surface area contributed by atoms with Gasteiger partial charge < -0.3 is 15.6 Å². The molecular formula is C26H28N4O. The Hall–Kier alpha value is -3.60. The Labute approximate surface area is 182 Å². The smallest absolute Gasteiger partial charge is 0.268 e. The molecule has 5 nitrogen and oxygen atoms in total. The van der Waals surface area contributed by atoms with Crippen molar-refractivity contribution in [2.24, 2.45) is 0 Å². The van der Waals surface area contributed by atoms with Crippen molar-refractivity contribution in [1.82, 2.24) is 14.9 Å². The zero-order valence-corrected chi connectivity index (χ0v) is 18.2. The molecule has 0 radical (unpaired) electrons. The van der Waals surface area contributed by atoms with E-state index in [9.17, 15) is 4.79 Å². The molecule has 0 atom stereocenters. The summed E-state index contributed by atoms with van der Waals surface area (Å²) < 4.78 is 2.06. The third-order valence-corrected chi connectivity index (χ3v) is 5.52. The van der Waals surface area contributed by atoms with E-state index in [2.05, 4.69) is 59.9 Å². The van der Waals surface area contributed by atoms with E-state index in [1.54, 1.807) is 12.4 Å². The Balaban J connectivity index is 1.65. The Kier molecular flexibility index (Phi) is 5.51. The monoisotopic (exact) mass is 412 g/mol. The number of rotatable bonds is 5. The van der Waals surface area contributed by atoms with Crippen molar-refractivity contribution in [3.8, 4) is 0 Å². The summed E-state index contributed by atoms with van der Waals surface area (Å²) in [6, 6.07) is 20.1. The number of pyridine rings is 1. The molecule has 31 heavy (non-hydrogen) atoms. The van der Waals surface area contributed by atoms with Gasteiger partial charge in [0.25, 0.3) is 5.91 Å². The van der Waals surface area contributed by atoms with E-state index in [1.807, 2.05) is 36.4 Å². The van der Waals surface area contributed by atoms with Gasteiger partial charge >= 0.3 is 0 Å². The first kappa shape index (κ1) is 20.7. The largest absolute Gasteiger partial charge is 0.399 e. The molecule has 0 aliphatic heterocycles. The number of carbonyl (C=O) groups is 1. The summed E-state index contributed by atoms with van der Waals surface area (Å²) >= 11 is 0. The van der Waals surface area contributed by atoms with Gasteiger partial charge in [-0.1, -0.05) is 45.0 Å². The fourth-order valence-electron chi connectivity index (χ4n) is 3.71. The number of hydrogen-bond donors (Lipinski definition) is 2. The first-order valence-corrected chi connectivity index (χ1v) is 10.5. The standard InChI is InChI=1S/C26H28N4O/c1-26(2,3)21-6-4-19(5-7-21)17-30-23-9-8-22(27)14-20(23)15-24(30)25(31)29-16-18-10-12-28-13-11-18/h4-15H,16-17,27H2,1-3H3,(H,29,31). The average molecular weight is 413 g/mol. The molecule has 0 unspecified atom stereocenters. The predicted molar refractivity (Wildman–Crippen MR) is 126 cm³/mol. The lowest BCUT2D eigenvalue weighted by Crippen LogP contribution is -2.25. The van der Waals surface area contributed by atoms with Crippen LogP contribution in [0.3, 0.4) is 0 Å². The summed E-state index contributed by atoms with van der Waals surface area (Å²) in [5.74, 6) is -0.113. The molecule has 0 saturated heterocycles. The summed E-state index contributed by atoms with van der Waals surface area (Å²) in [6.45, 7) is 7.67. The van der Waals surface area contributed by atoms with Crippen LogP contribution in [0.15, 0.2) is 73.1 Å². The van der Waals surface area contributed by atoms with Crippen LogP contribution in [-0.2, 0) is 18.5 Å². The minimum atomic E-state index is -0.113. The van der Waals surface area contributed by atoms with E-state index >= 15 is 0 Å². The van der Waals surface area contributed by atoms with Gasteiger partial charge in [0, 0.05) is 42.1 Å². The number of nitrogens with one attached hydrogen (secondary N) is 1. The lowest BCUT2D eigenvalue weighted by molar-refractivity contribution is 0.0942. The minimum Gasteiger partial charge on any atom is -0.399 e. The Morgan fingerprint density at radius 2 is 1.68 bits per heavy atom. The molecule has 0 saturated carbocycles. The Morgan fingerprint density at radius 3 is 2.35 bits per heavy atom. The lowest BCUT2D eigenvalue weighted by Gasteiger charge is -2.19. The molecule has 0 spiro atoms. The second kappa shape index (κ2) is 8.26. The molecule has 2 aromatic heterocycles. The normalized spacial score (nSPS) is 11.6. The minimum absolute atomic E-state index is 0.105. The SMILES string of the molecule is CC(C)(C)c1ccc(Cn2c(C(=O)NCc3ccncc3)cc3cc(N)ccc32)cc1. The highest BCUT2D eigenvalue weighted by molar-refractivity contribution is 5.99. The molecule has 158 valence electrons. The zero-order valence-electron chi connectivity index (χ0n) is 18.2. The van der Waals surface area contributed by atoms with Crippen molar-refractivity contribution >= 4 is 22.5 Å². The maximum Gasteiger partial charge on any atom is 0.268 e. The number of hydrogen-bond acceptors (Lipinski definition) is 3. The summed E-state index contributed by atoms with van der Waals surface area (Å²) in [5, 5.41) is 3.99. The summed E-state index contributed by atoms with van der Waals surface area (Å²) in [7, 11) is 0. The van der Waals surface area contributed by atoms with Crippen LogP contribution >= 0.6 is 0 Å². The van der Waals surface area contributed by atoms with Crippen LogP contribution in [0.1, 0.15) is 48.0 Å². The van der Waals surface area contributed by atoms with Gasteiger partial charge in [0.15, 0.2) is 0 Å². The van der Waals surface area contributed by atoms with Crippen molar-refractivity contribution in [2.45, 2.75) is 39.3 Å². The molecule has 4 rings (SSSR count). The second-order valence-electron chi connectivity index (χ2n) is 8.92. The number of fused-ring (bicyclic) bond motifs is 1. The number of aromatic nitrogens is 2. The van der Waals surface area contributed by atoms with Gasteiger partial charge in [0.2, 0.25) is 0 Å². The Bertz CT molecular complexity index is 1200. The summed E-state index contributed by atoms with van der Waals surface area (Å²) in [4.78, 5) is 17.1. The maximum atomic E-state index is 13.1. The molecule has 3 N–H and O–H groups in total. The van der Waals surface area contributed by atoms with Gasteiger partial charge in [-0.25, -0.2) is 0 Å². The van der Waals surface area contributed by atoms with E-state index in [0.717, 1.165) is 22.0 Å². The van der Waals surface area contributed by atoms with Crippen molar-refractivity contribution < 1.29 is 4.79 Å². The highest BCUT2D eigenvalue weighted by Gasteiger charge is 2.17. The van der Waals surface area contributed by atoms with Gasteiger partial charge in [-0.05, 0) is 58.5 Å². The molecule has 2 aromatic carbocycles. The fourth-order valence-corrected chi connectivity index (χ4v) is 3.71. The quantitative estimate of drug-likeness (QED) is 0.458. The van der Waals surface area contributed by atoms with Gasteiger partial charge in [-0.2, -0.15) is 0 Å². The molecule has 0 bridgehead atoms. The van der Waals surface area contributed by atoms with Gasteiger partial charge in [0.1, 0.15) is 5.69 Å². The summed E-state index contributed by atoms with van der Waals surface area (Å²) in [6.07, 6.45) is 3.45. The molecule has 0 aliphatic carbocycles. The molecule has 1 amide bonds. The second-order valence-corrected chi connectivity index (χ2v) is 8.92. The van der Waals surface area contributed by atoms with Crippen molar-refractivity contribution in [1.29, 1.82) is 0 Å². The van der Waals surface area contributed by atoms with Crippen LogP contribution in [0.5, 0.6) is 0 Å². The Morgan fingerprint density at radius 1 is 0.968 bits per heavy atom. The van der Waals surface area contributed by atoms with Gasteiger partial charge in [-0.3, -0.25) is 9.78 Å². The van der Waals surface area contributed by atoms with E-state index in [1.165, 1.54) is 5.56 Å². The number of benzene rings is 2. The lowest BCUT2D eigenvalue weighted by atomic mass is 9.87. The average Bonchev–Trinajstić information content (AvgIpc) is 3.10. The third-order valence-electron chi connectivity index (χ3n) is 5.52. The van der Waals surface area contributed by atoms with E-state index in [4.69, 9.17) is 5.73 Å². The number of nitrogens with two attached hydrogens (primary N) is 1. The molecule has 5 heteroatoms. The molecule has 4 aromatic rings. The molecule has 2 heterocycles. The van der Waals surface area contributed by atoms with E-state index < -0.39 is 0 Å². The fraction of sp³-hybridized carbons (Fsp3) is 0.231. The first-order valence-electron chi connectivity index (χ1n) is 10.5. The topological polar surface area (TPSA) is 72.9 Å². The van der Waals surface area contributed by atoms with Crippen molar-refractivity contribution in [3.05, 3.63) is 95.4 Å². The highest BCUT2D eigenvalue weighted by atomic mass is 16.1. The number of nitrogen functional groups attached to an aromatic ring is 1. The van der Waals surface area contributed by atoms with Crippen molar-refractivity contribution in [2.75, 3.05) is 5.73 Å². The van der Waals surface area contributed by atoms with Gasteiger partial charge in [-0.15, -0.1) is 0 Å².